The molecular formula is C20H13Cl5N2O6. The number of halogens is 5. The summed E-state index contributed by atoms with van der Waals surface area (Å²) < 4.78 is 10.1. The molecule has 3 amide bonds. The number of imide groups is 1. The van der Waals surface area contributed by atoms with Crippen LogP contribution in [0.2, 0.25) is 25.1 Å². The number of carbonyl (C=O) groups excluding carboxylic acids is 4. The summed E-state index contributed by atoms with van der Waals surface area (Å²) in [6, 6.07) is 3.16. The van der Waals surface area contributed by atoms with Crippen molar-refractivity contribution in [1.82, 2.24) is 4.90 Å². The number of benzene rings is 2. The maximum Gasteiger partial charge on any atom is 0.329 e. The van der Waals surface area contributed by atoms with Gasteiger partial charge in [0.05, 0.1) is 44.0 Å². The number of rotatable bonds is 6. The highest BCUT2D eigenvalue weighted by molar-refractivity contribution is 6.55. The summed E-state index contributed by atoms with van der Waals surface area (Å²) in [7, 11) is 1.40. The van der Waals surface area contributed by atoms with E-state index in [0.717, 1.165) is 0 Å². The predicted octanol–water partition coefficient (Wildman–Crippen LogP) is 5.13. The molecule has 8 nitrogen and oxygen atoms in total. The molecule has 33 heavy (non-hydrogen) atoms. The molecule has 0 aromatic heterocycles. The van der Waals surface area contributed by atoms with E-state index >= 15 is 0 Å². The first-order valence-electron chi connectivity index (χ1n) is 9.03. The Morgan fingerprint density at radius 3 is 2.03 bits per heavy atom. The normalized spacial score (nSPS) is 13.6. The van der Waals surface area contributed by atoms with Crippen LogP contribution in [0.5, 0.6) is 5.75 Å². The Morgan fingerprint density at radius 1 is 0.970 bits per heavy atom. The molecule has 0 unspecified atom stereocenters. The van der Waals surface area contributed by atoms with Crippen LogP contribution in [0.1, 0.15) is 27.6 Å². The zero-order valence-corrected chi connectivity index (χ0v) is 20.6. The Hall–Kier alpha value is -2.23. The van der Waals surface area contributed by atoms with Crippen LogP contribution >= 0.6 is 58.0 Å². The van der Waals surface area contributed by atoms with Crippen LogP contribution < -0.4 is 10.1 Å². The molecule has 0 spiro atoms. The summed E-state index contributed by atoms with van der Waals surface area (Å²) >= 11 is 30.0. The number of carbonyl (C=O) groups is 4. The number of esters is 1. The first-order valence-corrected chi connectivity index (χ1v) is 10.9. The fraction of sp³-hybridized carbons (Fsp3) is 0.200. The first-order chi connectivity index (χ1) is 15.5. The molecule has 0 saturated heterocycles. The molecule has 0 fully saturated rings. The summed E-state index contributed by atoms with van der Waals surface area (Å²) in [5, 5.41) is 1.90. The third-order valence-corrected chi connectivity index (χ3v) is 6.68. The summed E-state index contributed by atoms with van der Waals surface area (Å²) in [5.41, 5.74) is -0.282. The van der Waals surface area contributed by atoms with Crippen molar-refractivity contribution in [3.8, 4) is 5.75 Å². The van der Waals surface area contributed by atoms with Crippen molar-refractivity contribution in [1.29, 1.82) is 0 Å². The van der Waals surface area contributed by atoms with E-state index in [0.29, 0.717) is 15.7 Å². The zero-order chi connectivity index (χ0) is 24.6. The summed E-state index contributed by atoms with van der Waals surface area (Å²) in [6.45, 7) is 0.536. The Morgan fingerprint density at radius 2 is 1.52 bits per heavy atom. The smallest absolute Gasteiger partial charge is 0.329 e. The highest BCUT2D eigenvalue weighted by atomic mass is 35.5. The van der Waals surface area contributed by atoms with Crippen LogP contribution in [-0.2, 0) is 14.3 Å². The number of ether oxygens (including phenoxy) is 2. The Kier molecular flexibility index (Phi) is 7.65. The lowest BCUT2D eigenvalue weighted by molar-refractivity contribution is -0.150. The lowest BCUT2D eigenvalue weighted by Crippen LogP contribution is -2.44. The number of nitrogens with one attached hydrogen (secondary N) is 1. The van der Waals surface area contributed by atoms with Gasteiger partial charge in [-0.1, -0.05) is 58.0 Å². The van der Waals surface area contributed by atoms with Gasteiger partial charge < -0.3 is 14.8 Å². The largest absolute Gasteiger partial charge is 0.495 e. The van der Waals surface area contributed by atoms with Gasteiger partial charge in [0.1, 0.15) is 11.8 Å². The van der Waals surface area contributed by atoms with E-state index in [1.165, 1.54) is 20.1 Å². The molecule has 174 valence electrons. The van der Waals surface area contributed by atoms with Crippen molar-refractivity contribution in [2.24, 2.45) is 0 Å². The van der Waals surface area contributed by atoms with Crippen molar-refractivity contribution in [2.45, 2.75) is 13.0 Å². The molecule has 1 aliphatic rings. The number of anilines is 1. The van der Waals surface area contributed by atoms with Crippen LogP contribution in [0.25, 0.3) is 0 Å². The molecule has 1 heterocycles. The van der Waals surface area contributed by atoms with E-state index in [-0.39, 0.29) is 36.9 Å². The number of fused-ring (bicyclic) bond motifs is 1. The van der Waals surface area contributed by atoms with E-state index in [9.17, 15) is 19.2 Å². The highest BCUT2D eigenvalue weighted by Gasteiger charge is 2.45. The number of nitrogens with zero attached hydrogens (tertiary/aromatic N) is 1. The monoisotopic (exact) mass is 552 g/mol. The fourth-order valence-corrected chi connectivity index (χ4v) is 4.23. The molecule has 1 N–H and O–H groups in total. The van der Waals surface area contributed by atoms with Crippen LogP contribution in [0, 0.1) is 0 Å². The van der Waals surface area contributed by atoms with Crippen LogP contribution in [0.3, 0.4) is 0 Å². The lowest BCUT2D eigenvalue weighted by atomic mass is 10.1. The molecule has 0 radical (unpaired) electrons. The molecule has 13 heteroatoms. The van der Waals surface area contributed by atoms with Gasteiger partial charge in [-0.15, -0.1) is 0 Å². The molecule has 1 atom stereocenters. The third-order valence-electron chi connectivity index (χ3n) is 4.64. The zero-order valence-electron chi connectivity index (χ0n) is 16.8. The minimum Gasteiger partial charge on any atom is -0.495 e. The van der Waals surface area contributed by atoms with Gasteiger partial charge in [0.15, 0.2) is 6.61 Å². The number of amides is 3. The lowest BCUT2D eigenvalue weighted by Gasteiger charge is -2.21. The van der Waals surface area contributed by atoms with E-state index in [4.69, 9.17) is 67.5 Å². The predicted molar refractivity (Wildman–Crippen MR) is 124 cm³/mol. The second-order valence-corrected chi connectivity index (χ2v) is 8.61. The van der Waals surface area contributed by atoms with Crippen molar-refractivity contribution >= 4 is 87.4 Å². The van der Waals surface area contributed by atoms with E-state index in [2.05, 4.69) is 5.32 Å². The summed E-state index contributed by atoms with van der Waals surface area (Å²) in [4.78, 5) is 51.0. The van der Waals surface area contributed by atoms with Gasteiger partial charge in [0, 0.05) is 5.02 Å². The van der Waals surface area contributed by atoms with Crippen LogP contribution in [-0.4, -0.2) is 48.3 Å². The van der Waals surface area contributed by atoms with Crippen molar-refractivity contribution in [2.75, 3.05) is 19.0 Å². The Labute approximate surface area is 212 Å². The van der Waals surface area contributed by atoms with Crippen molar-refractivity contribution in [3.05, 3.63) is 54.4 Å². The van der Waals surface area contributed by atoms with Crippen LogP contribution in [0.4, 0.5) is 5.69 Å². The SMILES string of the molecule is COc1ccc(Cl)cc1NC(=O)COC(=O)[C@H](C)N1C(=O)c2c(Cl)c(Cl)c(Cl)c(Cl)c2C1=O. The van der Waals surface area contributed by atoms with E-state index in [1.807, 2.05) is 0 Å². The molecular weight excluding hydrogens is 541 g/mol. The van der Waals surface area contributed by atoms with Gasteiger partial charge in [-0.05, 0) is 25.1 Å². The standard InChI is InChI=1S/C20H13Cl5N2O6/c1-7(20(31)33-6-11(28)26-9-5-8(21)3-4-10(9)32-2)27-18(29)12-13(19(27)30)15(23)17(25)16(24)14(12)22/h3-5,7H,6H2,1-2H3,(H,26,28)/t7-/m0/s1. The molecule has 0 bridgehead atoms. The fourth-order valence-electron chi connectivity index (χ4n) is 3.05. The maximum atomic E-state index is 12.8. The van der Waals surface area contributed by atoms with Crippen LogP contribution in [0.15, 0.2) is 18.2 Å². The van der Waals surface area contributed by atoms with Gasteiger partial charge in [-0.2, -0.15) is 0 Å². The minimum absolute atomic E-state index is 0.201. The quantitative estimate of drug-likeness (QED) is 0.230. The first kappa shape index (κ1) is 25.4. The molecule has 3 rings (SSSR count). The Bertz CT molecular complexity index is 1160. The van der Waals surface area contributed by atoms with Gasteiger partial charge >= 0.3 is 5.97 Å². The summed E-state index contributed by atoms with van der Waals surface area (Å²) in [5.74, 6) is -3.20. The Balaban J connectivity index is 1.72. The third kappa shape index (κ3) is 4.72. The molecule has 1 aliphatic heterocycles. The molecule has 2 aromatic rings. The number of hydrogen-bond acceptors (Lipinski definition) is 6. The number of methoxy groups -OCH3 is 1. The maximum absolute atomic E-state index is 12.8. The average Bonchev–Trinajstić information content (AvgIpc) is 3.04. The highest BCUT2D eigenvalue weighted by Crippen LogP contribution is 2.45. The van der Waals surface area contributed by atoms with Gasteiger partial charge in [0.2, 0.25) is 0 Å². The van der Waals surface area contributed by atoms with E-state index in [1.54, 1.807) is 12.1 Å². The topological polar surface area (TPSA) is 102 Å². The average molecular weight is 555 g/mol. The minimum atomic E-state index is -1.41. The van der Waals surface area contributed by atoms with Gasteiger partial charge in [-0.25, -0.2) is 4.79 Å². The van der Waals surface area contributed by atoms with E-state index < -0.39 is 36.3 Å². The summed E-state index contributed by atoms with van der Waals surface area (Å²) in [6.07, 6.45) is 0. The molecule has 2 aromatic carbocycles. The second-order valence-electron chi connectivity index (χ2n) is 6.66. The van der Waals surface area contributed by atoms with Crippen molar-refractivity contribution in [3.63, 3.8) is 0 Å². The van der Waals surface area contributed by atoms with Gasteiger partial charge in [0.25, 0.3) is 17.7 Å². The number of hydrogen-bond donors (Lipinski definition) is 1. The molecule has 0 aliphatic carbocycles. The second kappa shape index (κ2) is 9.95. The molecule has 0 saturated carbocycles. The van der Waals surface area contributed by atoms with Gasteiger partial charge in [-0.3, -0.25) is 19.3 Å². The van der Waals surface area contributed by atoms with Crippen molar-refractivity contribution < 1.29 is 28.7 Å².